The fourth-order valence-corrected chi connectivity index (χ4v) is 1.01. The number of hydrogen-bond acceptors (Lipinski definition) is 4. The fraction of sp³-hybridized carbons (Fsp3) is 0.286. The van der Waals surface area contributed by atoms with Gasteiger partial charge < -0.3 is 0 Å². The third-order valence-corrected chi connectivity index (χ3v) is 3.79. The molecule has 0 aliphatic carbocycles. The number of rotatable bonds is 4. The van der Waals surface area contributed by atoms with Crippen molar-refractivity contribution >= 4 is 25.1 Å². The van der Waals surface area contributed by atoms with E-state index in [-0.39, 0.29) is 15.0 Å². The molecule has 0 radical (unpaired) electrons. The average molecular weight is 253 g/mol. The number of hydrogen-bond donors (Lipinski definition) is 1. The van der Waals surface area contributed by atoms with Gasteiger partial charge >= 0.3 is 91.4 Å². The van der Waals surface area contributed by atoms with Gasteiger partial charge in [0, 0.05) is 0 Å². The molecule has 0 bridgehead atoms. The van der Waals surface area contributed by atoms with Gasteiger partial charge in [0.2, 0.25) is 0 Å². The Morgan fingerprint density at radius 3 is 2.21 bits per heavy atom. The predicted octanol–water partition coefficient (Wildman–Crippen LogP) is -0.832. The molecule has 77 valence electrons. The minimum atomic E-state index is -3.35. The van der Waals surface area contributed by atoms with Crippen molar-refractivity contribution in [3.8, 4) is 0 Å². The van der Waals surface area contributed by atoms with E-state index in [0.29, 0.717) is 0 Å². The Bertz CT molecular complexity index is 422. The van der Waals surface area contributed by atoms with Crippen molar-refractivity contribution in [2.75, 3.05) is 6.26 Å². The van der Waals surface area contributed by atoms with Crippen molar-refractivity contribution in [3.63, 3.8) is 0 Å². The van der Waals surface area contributed by atoms with Crippen molar-refractivity contribution in [1.29, 1.82) is 0 Å². The van der Waals surface area contributed by atoms with Gasteiger partial charge in [0.25, 0.3) is 0 Å². The maximum atomic E-state index is 11.0. The molecule has 0 heterocycles. The Balaban J connectivity index is 4.98. The second-order valence-electron chi connectivity index (χ2n) is 2.59. The summed E-state index contributed by atoms with van der Waals surface area (Å²) < 4.78 is 21.8. The molecule has 5 nitrogen and oxygen atoms in total. The van der Waals surface area contributed by atoms with Crippen LogP contribution >= 0.6 is 0 Å². The Hall–Kier alpha value is -0.716. The van der Waals surface area contributed by atoms with E-state index in [2.05, 4.69) is 11.6 Å². The van der Waals surface area contributed by atoms with Gasteiger partial charge in [-0.2, -0.15) is 0 Å². The van der Waals surface area contributed by atoms with Crippen molar-refractivity contribution < 1.29 is 30.2 Å². The second-order valence-corrected chi connectivity index (χ2v) is 5.67. The quantitative estimate of drug-likeness (QED) is 0.523. The first-order chi connectivity index (χ1) is 6.16. The second kappa shape index (κ2) is 4.68. The third kappa shape index (κ3) is 4.00. The first-order valence-corrected chi connectivity index (χ1v) is 6.05. The van der Waals surface area contributed by atoms with E-state index in [1.807, 2.05) is 17.0 Å². The Morgan fingerprint density at radius 1 is 1.50 bits per heavy atom. The van der Waals surface area contributed by atoms with Crippen LogP contribution < -0.4 is 5.73 Å². The van der Waals surface area contributed by atoms with Crippen molar-refractivity contribution in [2.45, 2.75) is 6.92 Å². The molecule has 0 aromatic rings. The molecule has 0 aliphatic rings. The third-order valence-electron chi connectivity index (χ3n) is 1.33. The number of amides is 1. The van der Waals surface area contributed by atoms with Crippen LogP contribution in [0.2, 0.25) is 0 Å². The Kier molecular flexibility index (Phi) is 4.44. The van der Waals surface area contributed by atoms with Crippen LogP contribution in [0.5, 0.6) is 0 Å². The maximum absolute atomic E-state index is 11.0. The molecule has 7 heteroatoms. The number of sulfone groups is 1. The van der Waals surface area contributed by atoms with E-state index >= 15 is 0 Å². The Labute approximate surface area is 91.5 Å². The van der Waals surface area contributed by atoms with E-state index in [1.54, 1.807) is 0 Å². The fourth-order valence-electron chi connectivity index (χ4n) is 0.472. The van der Waals surface area contributed by atoms with Crippen LogP contribution in [0.15, 0.2) is 17.1 Å². The molecule has 0 saturated heterocycles. The standard InChI is InChI=1S/C7H10N2O3S.V/c1-5(7(8)10)6(2)9-4-13(3,11)12;/h1H2,2-3H3,(H2,8,10);. The van der Waals surface area contributed by atoms with E-state index < -0.39 is 15.7 Å². The van der Waals surface area contributed by atoms with Crippen LogP contribution in [0.3, 0.4) is 0 Å². The number of nitrogens with zero attached hydrogens (tertiary/aromatic N) is 1. The molecule has 0 aromatic heterocycles. The minimum absolute atomic E-state index is 0.00259. The van der Waals surface area contributed by atoms with E-state index in [0.717, 1.165) is 6.26 Å². The zero-order valence-electron chi connectivity index (χ0n) is 7.81. The molecule has 0 spiro atoms. The van der Waals surface area contributed by atoms with Crippen LogP contribution in [0.1, 0.15) is 6.92 Å². The van der Waals surface area contributed by atoms with Gasteiger partial charge in [-0.1, -0.05) is 0 Å². The molecule has 2 N–H and O–H groups in total. The summed E-state index contributed by atoms with van der Waals surface area (Å²) in [7, 11) is -3.35. The summed E-state index contributed by atoms with van der Waals surface area (Å²) in [5.41, 5.74) is 5.13. The summed E-state index contributed by atoms with van der Waals surface area (Å²) in [5, 5.41) is 0. The molecule has 0 atom stereocenters. The topological polar surface area (TPSA) is 89.6 Å². The van der Waals surface area contributed by atoms with Crippen LogP contribution in [0.25, 0.3) is 0 Å². The van der Waals surface area contributed by atoms with Gasteiger partial charge in [-0.05, 0) is 0 Å². The normalized spacial score (nSPS) is 12.2. The van der Waals surface area contributed by atoms with Gasteiger partial charge in [-0.25, -0.2) is 0 Å². The summed E-state index contributed by atoms with van der Waals surface area (Å²) in [5.74, 6) is -0.722. The number of nitrogens with two attached hydrogens (primary N) is 1. The first-order valence-electron chi connectivity index (χ1n) is 3.46. The van der Waals surface area contributed by atoms with Crippen LogP contribution in [-0.4, -0.2) is 30.0 Å². The first kappa shape index (κ1) is 13.3. The molecule has 0 saturated carbocycles. The molecule has 0 aromatic carbocycles. The van der Waals surface area contributed by atoms with E-state index in [4.69, 9.17) is 5.73 Å². The molecule has 14 heavy (non-hydrogen) atoms. The van der Waals surface area contributed by atoms with E-state index in [1.165, 1.54) is 6.92 Å². The monoisotopic (exact) mass is 253 g/mol. The molecule has 0 aliphatic heterocycles. The summed E-state index contributed by atoms with van der Waals surface area (Å²) in [6.45, 7) is 4.83. The predicted molar refractivity (Wildman–Crippen MR) is 51.3 cm³/mol. The summed E-state index contributed by atoms with van der Waals surface area (Å²) in [6.07, 6.45) is 1.02. The van der Waals surface area contributed by atoms with Gasteiger partial charge in [0.05, 0.1) is 0 Å². The van der Waals surface area contributed by atoms with Crippen LogP contribution in [-0.2, 0) is 31.6 Å². The van der Waals surface area contributed by atoms with Gasteiger partial charge in [0.15, 0.2) is 0 Å². The summed E-state index contributed by atoms with van der Waals surface area (Å²) in [4.78, 5) is 14.3. The van der Waals surface area contributed by atoms with Gasteiger partial charge in [0.1, 0.15) is 0 Å². The zero-order chi connectivity index (χ0) is 11.5. The molecule has 0 unspecified atom stereocenters. The number of aliphatic imine (C=N–C) groups is 1. The van der Waals surface area contributed by atoms with E-state index in [9.17, 15) is 13.2 Å². The zero-order valence-corrected chi connectivity index (χ0v) is 10.0. The van der Waals surface area contributed by atoms with Crippen molar-refractivity contribution in [1.82, 2.24) is 0 Å². The molecular weight excluding hydrogens is 243 g/mol. The van der Waals surface area contributed by atoms with Crippen molar-refractivity contribution in [3.05, 3.63) is 12.2 Å². The average Bonchev–Trinajstić information content (AvgIpc) is 2.00. The number of primary amides is 1. The summed E-state index contributed by atoms with van der Waals surface area (Å²) in [6, 6.07) is 0. The van der Waals surface area contributed by atoms with Crippen molar-refractivity contribution in [2.24, 2.45) is 10.7 Å². The molecule has 1 amide bonds. The van der Waals surface area contributed by atoms with Gasteiger partial charge in [-0.15, -0.1) is 0 Å². The SMILES string of the molecule is C=C(C(N)=O)/C(C)=N\[C](=[V])S(C)(=O)=O. The van der Waals surface area contributed by atoms with Crippen LogP contribution in [0.4, 0.5) is 0 Å². The molecular formula is C7H10N2O3SV. The number of carbonyl (C=O) groups is 1. The number of carbonyl (C=O) groups excluding carboxylic acids is 1. The van der Waals surface area contributed by atoms with Crippen LogP contribution in [0, 0.1) is 0 Å². The Morgan fingerprint density at radius 2 is 1.93 bits per heavy atom. The van der Waals surface area contributed by atoms with Gasteiger partial charge in [-0.3, -0.25) is 0 Å². The molecule has 0 fully saturated rings. The summed E-state index contributed by atoms with van der Waals surface area (Å²) >= 11 is 1.82. The molecule has 0 rings (SSSR count).